The Morgan fingerprint density at radius 1 is 0.976 bits per heavy atom. The molecule has 0 aliphatic carbocycles. The van der Waals surface area contributed by atoms with Gasteiger partial charge in [0.15, 0.2) is 0 Å². The largest absolute Gasteiger partial charge is 0.392 e. The van der Waals surface area contributed by atoms with Gasteiger partial charge in [-0.15, -0.1) is 0 Å². The van der Waals surface area contributed by atoms with Crippen LogP contribution in [0.2, 0.25) is 0 Å². The van der Waals surface area contributed by atoms with E-state index >= 15 is 0 Å². The van der Waals surface area contributed by atoms with Crippen LogP contribution in [0, 0.1) is 5.92 Å². The van der Waals surface area contributed by atoms with Crippen LogP contribution in [0.3, 0.4) is 0 Å². The van der Waals surface area contributed by atoms with Gasteiger partial charge in [-0.1, -0.05) is 31.1 Å². The zero-order valence-electron chi connectivity index (χ0n) is 24.0. The van der Waals surface area contributed by atoms with Gasteiger partial charge in [0.1, 0.15) is 18.7 Å². The van der Waals surface area contributed by atoms with Crippen LogP contribution in [0.25, 0.3) is 10.4 Å². The topological polar surface area (TPSA) is 239 Å². The first-order chi connectivity index (χ1) is 20.2. The van der Waals surface area contributed by atoms with Crippen LogP contribution in [0.1, 0.15) is 32.3 Å². The molecule has 2 atom stereocenters. The number of aliphatic hydroxyl groups is 1. The average molecular weight is 595 g/mol. The molecule has 7 N–H and O–H groups in total. The lowest BCUT2D eigenvalue weighted by Gasteiger charge is -2.25. The molecule has 0 bridgehead atoms. The van der Waals surface area contributed by atoms with Crippen LogP contribution in [0.5, 0.6) is 0 Å². The highest BCUT2D eigenvalue weighted by molar-refractivity contribution is 5.98. The zero-order chi connectivity index (χ0) is 31.2. The third-order valence-electron chi connectivity index (χ3n) is 5.65. The predicted molar refractivity (Wildman–Crippen MR) is 153 cm³/mol. The number of ether oxygens (including phenoxy) is 3. The Bertz CT molecular complexity index is 1020. The molecule has 2 unspecified atom stereocenters. The molecule has 0 spiro atoms. The first-order valence-corrected chi connectivity index (χ1v) is 13.6. The van der Waals surface area contributed by atoms with Gasteiger partial charge in [-0.25, -0.2) is 4.79 Å². The number of anilines is 1. The Morgan fingerprint density at radius 3 is 2.21 bits per heavy atom. The van der Waals surface area contributed by atoms with Crippen molar-refractivity contribution in [3.63, 3.8) is 0 Å². The molecule has 0 aliphatic rings. The van der Waals surface area contributed by atoms with E-state index in [0.717, 1.165) is 0 Å². The highest BCUT2D eigenvalue weighted by Gasteiger charge is 2.28. The van der Waals surface area contributed by atoms with E-state index in [1.165, 1.54) is 0 Å². The van der Waals surface area contributed by atoms with Crippen LogP contribution in [0.15, 0.2) is 29.4 Å². The Kier molecular flexibility index (Phi) is 18.7. The molecule has 1 rings (SSSR count). The van der Waals surface area contributed by atoms with Gasteiger partial charge >= 0.3 is 6.03 Å². The minimum absolute atomic E-state index is 0.140. The number of nitrogens with two attached hydrogens (primary N) is 1. The molecule has 0 aliphatic heterocycles. The van der Waals surface area contributed by atoms with Gasteiger partial charge in [0.25, 0.3) is 0 Å². The molecule has 0 heterocycles. The van der Waals surface area contributed by atoms with Gasteiger partial charge in [-0.3, -0.25) is 14.4 Å². The number of hydrogen-bond acceptors (Lipinski definition) is 9. The highest BCUT2D eigenvalue weighted by atomic mass is 16.5. The summed E-state index contributed by atoms with van der Waals surface area (Å²) in [5, 5.41) is 23.1. The van der Waals surface area contributed by atoms with E-state index in [-0.39, 0.29) is 51.9 Å². The van der Waals surface area contributed by atoms with E-state index in [2.05, 4.69) is 31.3 Å². The minimum atomic E-state index is -0.973. The molecular weight excluding hydrogens is 552 g/mol. The summed E-state index contributed by atoms with van der Waals surface area (Å²) in [5.74, 6) is -1.86. The van der Waals surface area contributed by atoms with Gasteiger partial charge in [-0.2, -0.15) is 0 Å². The van der Waals surface area contributed by atoms with Crippen molar-refractivity contribution in [3.8, 4) is 0 Å². The van der Waals surface area contributed by atoms with Gasteiger partial charge in [0, 0.05) is 23.7 Å². The van der Waals surface area contributed by atoms with Crippen LogP contribution in [-0.4, -0.2) is 93.7 Å². The molecule has 5 amide bonds. The van der Waals surface area contributed by atoms with Gasteiger partial charge < -0.3 is 46.3 Å². The summed E-state index contributed by atoms with van der Waals surface area (Å²) >= 11 is 0. The summed E-state index contributed by atoms with van der Waals surface area (Å²) in [5.41, 5.74) is 14.4. The number of amides is 5. The van der Waals surface area contributed by atoms with Crippen molar-refractivity contribution in [3.05, 3.63) is 40.3 Å². The summed E-state index contributed by atoms with van der Waals surface area (Å²) < 4.78 is 15.8. The lowest BCUT2D eigenvalue weighted by molar-refractivity contribution is -0.134. The van der Waals surface area contributed by atoms with Gasteiger partial charge in [-0.05, 0) is 42.0 Å². The number of azide groups is 1. The maximum atomic E-state index is 13.2. The average Bonchev–Trinajstić information content (AvgIpc) is 2.96. The van der Waals surface area contributed by atoms with Crippen LogP contribution >= 0.6 is 0 Å². The van der Waals surface area contributed by atoms with Crippen molar-refractivity contribution in [1.82, 2.24) is 16.0 Å². The maximum Gasteiger partial charge on any atom is 0.312 e. The van der Waals surface area contributed by atoms with E-state index in [1.807, 2.05) is 0 Å². The Labute approximate surface area is 244 Å². The highest BCUT2D eigenvalue weighted by Crippen LogP contribution is 2.12. The summed E-state index contributed by atoms with van der Waals surface area (Å²) in [6.45, 7) is 4.82. The molecule has 0 fully saturated rings. The molecule has 0 aromatic heterocycles. The first kappa shape index (κ1) is 36.1. The summed E-state index contributed by atoms with van der Waals surface area (Å²) in [6, 6.07) is 3.95. The number of urea groups is 1. The SMILES string of the molecule is CC(C)C(NC(=O)COCCOCCOCCN=[N+]=[N-])C(=O)NC(CCCNC(N)=O)C(=O)Nc1ccc(CO)cc1. The monoisotopic (exact) mass is 594 g/mol. The molecule has 0 saturated carbocycles. The third kappa shape index (κ3) is 16.3. The van der Waals surface area contributed by atoms with Crippen molar-refractivity contribution in [1.29, 1.82) is 0 Å². The van der Waals surface area contributed by atoms with Crippen molar-refractivity contribution < 1.29 is 38.5 Å². The fourth-order valence-electron chi connectivity index (χ4n) is 3.48. The van der Waals surface area contributed by atoms with Crippen LogP contribution < -0.4 is 27.0 Å². The molecule has 42 heavy (non-hydrogen) atoms. The summed E-state index contributed by atoms with van der Waals surface area (Å²) in [4.78, 5) is 52.2. The Hall–Kier alpha value is -3.95. The lowest BCUT2D eigenvalue weighted by Crippen LogP contribution is -2.55. The Balaban J connectivity index is 2.60. The Morgan fingerprint density at radius 2 is 1.62 bits per heavy atom. The third-order valence-corrected chi connectivity index (χ3v) is 5.65. The second kappa shape index (κ2) is 21.8. The van der Waals surface area contributed by atoms with Crippen molar-refractivity contribution in [2.24, 2.45) is 16.8 Å². The van der Waals surface area contributed by atoms with Crippen LogP contribution in [-0.2, 0) is 35.2 Å². The van der Waals surface area contributed by atoms with E-state index in [9.17, 15) is 24.3 Å². The number of nitrogens with zero attached hydrogens (tertiary/aromatic N) is 3. The molecule has 16 nitrogen and oxygen atoms in total. The number of carbonyl (C=O) groups is 4. The molecule has 16 heteroatoms. The van der Waals surface area contributed by atoms with Crippen molar-refractivity contribution >= 4 is 29.4 Å². The summed E-state index contributed by atoms with van der Waals surface area (Å²) in [7, 11) is 0. The standard InChI is InChI=1S/C26H42N8O8/c1-18(2)23(33-22(36)17-42-15-14-41-13-12-40-11-10-30-34-28)25(38)32-21(4-3-9-29-26(27)39)24(37)31-20-7-5-19(16-35)6-8-20/h5-8,18,21,23,35H,3-4,9-17H2,1-2H3,(H,31,37)(H,32,38)(H,33,36)(H3,27,29,39). The minimum Gasteiger partial charge on any atom is -0.392 e. The molecular formula is C26H42N8O8. The fraction of sp³-hybridized carbons (Fsp3) is 0.615. The van der Waals surface area contributed by atoms with E-state index < -0.39 is 35.8 Å². The maximum absolute atomic E-state index is 13.2. The number of carbonyl (C=O) groups excluding carboxylic acids is 4. The summed E-state index contributed by atoms with van der Waals surface area (Å²) in [6.07, 6.45) is 0.536. The lowest BCUT2D eigenvalue weighted by atomic mass is 10.0. The number of aliphatic hydroxyl groups excluding tert-OH is 1. The van der Waals surface area contributed by atoms with E-state index in [4.69, 9.17) is 25.5 Å². The number of hydrogen-bond donors (Lipinski definition) is 6. The number of nitrogens with one attached hydrogen (secondary N) is 4. The van der Waals surface area contributed by atoms with Crippen LogP contribution in [0.4, 0.5) is 10.5 Å². The number of primary amides is 1. The molecule has 0 saturated heterocycles. The number of benzene rings is 1. The van der Waals surface area contributed by atoms with Gasteiger partial charge in [0.2, 0.25) is 17.7 Å². The van der Waals surface area contributed by atoms with Gasteiger partial charge in [0.05, 0.1) is 39.6 Å². The molecule has 1 aromatic carbocycles. The second-order valence-electron chi connectivity index (χ2n) is 9.36. The second-order valence-corrected chi connectivity index (χ2v) is 9.36. The van der Waals surface area contributed by atoms with Crippen molar-refractivity contribution in [2.45, 2.75) is 45.4 Å². The van der Waals surface area contributed by atoms with Crippen molar-refractivity contribution in [2.75, 3.05) is 58.0 Å². The molecule has 1 aromatic rings. The smallest absolute Gasteiger partial charge is 0.312 e. The predicted octanol–water partition coefficient (Wildman–Crippen LogP) is 0.552. The first-order valence-electron chi connectivity index (χ1n) is 13.6. The normalized spacial score (nSPS) is 12.1. The number of rotatable bonds is 22. The fourth-order valence-corrected chi connectivity index (χ4v) is 3.48. The molecule has 0 radical (unpaired) electrons. The quantitative estimate of drug-likeness (QED) is 0.0478. The zero-order valence-corrected chi connectivity index (χ0v) is 24.0. The molecule has 234 valence electrons. The van der Waals surface area contributed by atoms with E-state index in [0.29, 0.717) is 37.5 Å². The van der Waals surface area contributed by atoms with E-state index in [1.54, 1.807) is 38.1 Å².